The molecular formula is C23H29N5O2. The zero-order valence-corrected chi connectivity index (χ0v) is 17.2. The molecular weight excluding hydrogens is 378 g/mol. The maximum atomic E-state index is 13.0. The van der Waals surface area contributed by atoms with Gasteiger partial charge in [0.25, 0.3) is 0 Å². The molecule has 158 valence electrons. The molecule has 30 heavy (non-hydrogen) atoms. The Balaban J connectivity index is 1.32. The number of piperazine rings is 2. The highest BCUT2D eigenvalue weighted by Gasteiger charge is 2.33. The van der Waals surface area contributed by atoms with E-state index in [1.54, 1.807) is 12.4 Å². The summed E-state index contributed by atoms with van der Waals surface area (Å²) < 4.78 is 0. The van der Waals surface area contributed by atoms with E-state index < -0.39 is 0 Å². The molecule has 0 saturated carbocycles. The Morgan fingerprint density at radius 1 is 1.00 bits per heavy atom. The predicted molar refractivity (Wildman–Crippen MR) is 116 cm³/mol. The summed E-state index contributed by atoms with van der Waals surface area (Å²) in [6.07, 6.45) is 4.70. The van der Waals surface area contributed by atoms with E-state index in [1.165, 1.54) is 5.56 Å². The van der Waals surface area contributed by atoms with E-state index in [0.717, 1.165) is 38.3 Å². The summed E-state index contributed by atoms with van der Waals surface area (Å²) in [5.41, 5.74) is 2.39. The second-order valence-corrected chi connectivity index (χ2v) is 7.86. The zero-order valence-electron chi connectivity index (χ0n) is 17.2. The third-order valence-corrected chi connectivity index (χ3v) is 6.00. The van der Waals surface area contributed by atoms with Crippen LogP contribution in [0.15, 0.2) is 54.9 Å². The highest BCUT2D eigenvalue weighted by molar-refractivity contribution is 5.89. The number of carbonyl (C=O) groups is 2. The van der Waals surface area contributed by atoms with Crippen LogP contribution >= 0.6 is 0 Å². The summed E-state index contributed by atoms with van der Waals surface area (Å²) in [7, 11) is 0. The van der Waals surface area contributed by atoms with Crippen LogP contribution in [0.5, 0.6) is 0 Å². The minimum absolute atomic E-state index is 0.0296. The van der Waals surface area contributed by atoms with Crippen molar-refractivity contribution in [1.82, 2.24) is 20.1 Å². The monoisotopic (exact) mass is 407 g/mol. The molecule has 1 aromatic carbocycles. The number of aromatic nitrogens is 1. The fourth-order valence-electron chi connectivity index (χ4n) is 4.23. The van der Waals surface area contributed by atoms with Crippen molar-refractivity contribution < 1.29 is 9.59 Å². The fourth-order valence-corrected chi connectivity index (χ4v) is 4.23. The van der Waals surface area contributed by atoms with E-state index in [1.807, 2.05) is 35.2 Å². The molecule has 0 unspecified atom stereocenters. The first-order chi connectivity index (χ1) is 14.7. The van der Waals surface area contributed by atoms with Gasteiger partial charge in [-0.15, -0.1) is 0 Å². The Labute approximate surface area is 177 Å². The topological polar surface area (TPSA) is 68.8 Å². The summed E-state index contributed by atoms with van der Waals surface area (Å²) in [6.45, 7) is 5.16. The number of anilines is 1. The number of nitrogens with one attached hydrogen (secondary N) is 1. The van der Waals surface area contributed by atoms with Crippen molar-refractivity contribution in [2.24, 2.45) is 0 Å². The average Bonchev–Trinajstić information content (AvgIpc) is 2.81. The van der Waals surface area contributed by atoms with Crippen LogP contribution in [0.3, 0.4) is 0 Å². The SMILES string of the molecule is O=C1NCCN(CCc2ccccc2)[C@@H]1CC(=O)N1CCN(c2ccncc2)CC1. The number of pyridine rings is 1. The lowest BCUT2D eigenvalue weighted by Crippen LogP contribution is -2.58. The molecule has 2 amide bonds. The van der Waals surface area contributed by atoms with Gasteiger partial charge in [-0.05, 0) is 24.1 Å². The third kappa shape index (κ3) is 4.97. The van der Waals surface area contributed by atoms with Gasteiger partial charge in [0.1, 0.15) is 0 Å². The Morgan fingerprint density at radius 3 is 2.47 bits per heavy atom. The zero-order chi connectivity index (χ0) is 20.8. The van der Waals surface area contributed by atoms with Gasteiger partial charge in [0, 0.05) is 63.9 Å². The van der Waals surface area contributed by atoms with Crippen molar-refractivity contribution in [3.8, 4) is 0 Å². The summed E-state index contributed by atoms with van der Waals surface area (Å²) in [5.74, 6) is 0.0363. The smallest absolute Gasteiger partial charge is 0.237 e. The molecule has 2 fully saturated rings. The molecule has 0 spiro atoms. The van der Waals surface area contributed by atoms with E-state index in [-0.39, 0.29) is 24.3 Å². The van der Waals surface area contributed by atoms with Crippen LogP contribution < -0.4 is 10.2 Å². The third-order valence-electron chi connectivity index (χ3n) is 6.00. The van der Waals surface area contributed by atoms with Crippen LogP contribution in [-0.4, -0.2) is 78.5 Å². The average molecular weight is 408 g/mol. The molecule has 2 aliphatic heterocycles. The molecule has 4 rings (SSSR count). The summed E-state index contributed by atoms with van der Waals surface area (Å²) in [6, 6.07) is 13.9. The van der Waals surface area contributed by atoms with Crippen molar-refractivity contribution in [1.29, 1.82) is 0 Å². The van der Waals surface area contributed by atoms with Crippen LogP contribution in [0.25, 0.3) is 0 Å². The molecule has 0 radical (unpaired) electrons. The molecule has 1 aromatic heterocycles. The first-order valence-corrected chi connectivity index (χ1v) is 10.7. The molecule has 2 aromatic rings. The van der Waals surface area contributed by atoms with Crippen molar-refractivity contribution in [3.05, 3.63) is 60.4 Å². The summed E-state index contributed by atoms with van der Waals surface area (Å²) >= 11 is 0. The van der Waals surface area contributed by atoms with Crippen LogP contribution in [0, 0.1) is 0 Å². The number of carbonyl (C=O) groups excluding carboxylic acids is 2. The van der Waals surface area contributed by atoms with Gasteiger partial charge < -0.3 is 15.1 Å². The van der Waals surface area contributed by atoms with Gasteiger partial charge in [0.15, 0.2) is 0 Å². The first kappa shape index (κ1) is 20.3. The molecule has 1 atom stereocenters. The van der Waals surface area contributed by atoms with E-state index in [4.69, 9.17) is 0 Å². The Morgan fingerprint density at radius 2 is 1.73 bits per heavy atom. The predicted octanol–water partition coefficient (Wildman–Crippen LogP) is 1.16. The fraction of sp³-hybridized carbons (Fsp3) is 0.435. The number of rotatable bonds is 6. The van der Waals surface area contributed by atoms with Crippen LogP contribution in [0.2, 0.25) is 0 Å². The van der Waals surface area contributed by atoms with Crippen LogP contribution in [0.1, 0.15) is 12.0 Å². The lowest BCUT2D eigenvalue weighted by atomic mass is 10.1. The highest BCUT2D eigenvalue weighted by Crippen LogP contribution is 2.17. The van der Waals surface area contributed by atoms with Gasteiger partial charge in [-0.1, -0.05) is 30.3 Å². The van der Waals surface area contributed by atoms with Gasteiger partial charge in [-0.25, -0.2) is 0 Å². The molecule has 7 heteroatoms. The maximum absolute atomic E-state index is 13.0. The molecule has 3 heterocycles. The number of benzene rings is 1. The number of hydrogen-bond acceptors (Lipinski definition) is 5. The van der Waals surface area contributed by atoms with Gasteiger partial charge in [0.2, 0.25) is 11.8 Å². The lowest BCUT2D eigenvalue weighted by Gasteiger charge is -2.38. The van der Waals surface area contributed by atoms with E-state index in [9.17, 15) is 9.59 Å². The lowest BCUT2D eigenvalue weighted by molar-refractivity contribution is -0.139. The summed E-state index contributed by atoms with van der Waals surface area (Å²) in [4.78, 5) is 35.9. The number of hydrogen-bond donors (Lipinski definition) is 1. The van der Waals surface area contributed by atoms with Crippen molar-refractivity contribution in [3.63, 3.8) is 0 Å². The molecule has 2 aliphatic rings. The molecule has 0 bridgehead atoms. The second-order valence-electron chi connectivity index (χ2n) is 7.86. The largest absolute Gasteiger partial charge is 0.368 e. The van der Waals surface area contributed by atoms with Gasteiger partial charge in [0.05, 0.1) is 12.5 Å². The molecule has 1 N–H and O–H groups in total. The minimum Gasteiger partial charge on any atom is -0.368 e. The second kappa shape index (κ2) is 9.71. The van der Waals surface area contributed by atoms with E-state index in [0.29, 0.717) is 19.6 Å². The standard InChI is InChI=1S/C23H29N5O2/c29-22(28-16-14-26(15-17-28)20-6-9-24-10-7-20)18-21-23(30)25-11-13-27(21)12-8-19-4-2-1-3-5-19/h1-7,9-10,21H,8,11-18H2,(H,25,30)/t21-/m1/s1. The van der Waals surface area contributed by atoms with Gasteiger partial charge in [-0.3, -0.25) is 19.5 Å². The summed E-state index contributed by atoms with van der Waals surface area (Å²) in [5, 5.41) is 2.93. The number of amides is 2. The quantitative estimate of drug-likeness (QED) is 0.778. The maximum Gasteiger partial charge on any atom is 0.237 e. The number of nitrogens with zero attached hydrogens (tertiary/aromatic N) is 4. The van der Waals surface area contributed by atoms with Crippen molar-refractivity contribution >= 4 is 17.5 Å². The molecule has 7 nitrogen and oxygen atoms in total. The molecule has 2 saturated heterocycles. The van der Waals surface area contributed by atoms with Gasteiger partial charge >= 0.3 is 0 Å². The van der Waals surface area contributed by atoms with Crippen LogP contribution in [-0.2, 0) is 16.0 Å². The first-order valence-electron chi connectivity index (χ1n) is 10.7. The minimum atomic E-state index is -0.381. The highest BCUT2D eigenvalue weighted by atomic mass is 16.2. The van der Waals surface area contributed by atoms with Gasteiger partial charge in [-0.2, -0.15) is 0 Å². The Bertz CT molecular complexity index is 837. The van der Waals surface area contributed by atoms with Crippen molar-refractivity contribution in [2.75, 3.05) is 50.7 Å². The van der Waals surface area contributed by atoms with Crippen molar-refractivity contribution in [2.45, 2.75) is 18.9 Å². The molecule has 0 aliphatic carbocycles. The van der Waals surface area contributed by atoms with E-state index in [2.05, 4.69) is 32.2 Å². The normalized spacial score (nSPS) is 20.1. The Hall–Kier alpha value is -2.93. The Kier molecular flexibility index (Phi) is 6.59. The van der Waals surface area contributed by atoms with E-state index >= 15 is 0 Å². The van der Waals surface area contributed by atoms with Crippen LogP contribution in [0.4, 0.5) is 5.69 Å².